The van der Waals surface area contributed by atoms with Gasteiger partial charge in [-0.05, 0) is 29.8 Å². The Hall–Kier alpha value is -2.70. The van der Waals surface area contributed by atoms with Gasteiger partial charge >= 0.3 is 0 Å². The Morgan fingerprint density at radius 2 is 1.67 bits per heavy atom. The number of carbonyl (C=O) groups is 1. The highest BCUT2D eigenvalue weighted by atomic mass is 19.1. The minimum absolute atomic E-state index is 0.000833. The van der Waals surface area contributed by atoms with Crippen LogP contribution in [0.1, 0.15) is 5.56 Å². The van der Waals surface area contributed by atoms with E-state index in [1.54, 1.807) is 34.3 Å². The normalized spacial score (nSPS) is 14.8. The third-order valence-corrected chi connectivity index (χ3v) is 4.09. The molecule has 24 heavy (non-hydrogen) atoms. The lowest BCUT2D eigenvalue weighted by atomic mass is 10.1. The fourth-order valence-corrected chi connectivity index (χ4v) is 2.85. The van der Waals surface area contributed by atoms with E-state index in [2.05, 4.69) is 4.98 Å². The van der Waals surface area contributed by atoms with Crippen molar-refractivity contribution in [1.29, 1.82) is 0 Å². The molecular weight excluding hydrogens is 314 g/mol. The zero-order valence-corrected chi connectivity index (χ0v) is 13.1. The number of pyridine rings is 1. The number of nitrogens with zero attached hydrogens (tertiary/aromatic N) is 3. The fourth-order valence-electron chi connectivity index (χ4n) is 2.85. The Kier molecular flexibility index (Phi) is 4.59. The molecule has 1 aromatic carbocycles. The van der Waals surface area contributed by atoms with E-state index in [0.29, 0.717) is 32.6 Å². The first-order valence-corrected chi connectivity index (χ1v) is 7.71. The smallest absolute Gasteiger partial charge is 0.227 e. The predicted molar refractivity (Wildman–Crippen MR) is 87.5 cm³/mol. The molecule has 1 amide bonds. The summed E-state index contributed by atoms with van der Waals surface area (Å²) in [6.07, 6.45) is 3.59. The quantitative estimate of drug-likeness (QED) is 0.871. The second kappa shape index (κ2) is 6.82. The molecule has 0 saturated carbocycles. The third-order valence-electron chi connectivity index (χ3n) is 4.09. The van der Waals surface area contributed by atoms with Crippen LogP contribution in [-0.4, -0.2) is 42.0 Å². The first-order chi connectivity index (χ1) is 11.5. The summed E-state index contributed by atoms with van der Waals surface area (Å²) in [6.45, 7) is 1.60. The minimum Gasteiger partial charge on any atom is -0.399 e. The van der Waals surface area contributed by atoms with E-state index in [-0.39, 0.29) is 17.3 Å². The number of piperazine rings is 1. The fraction of sp³-hybridized carbons (Fsp3) is 0.294. The van der Waals surface area contributed by atoms with Gasteiger partial charge in [0.05, 0.1) is 6.42 Å². The zero-order chi connectivity index (χ0) is 17.1. The molecule has 0 unspecified atom stereocenters. The molecule has 0 atom stereocenters. The first kappa shape index (κ1) is 16.2. The summed E-state index contributed by atoms with van der Waals surface area (Å²) in [5.74, 6) is -1.35. The zero-order valence-electron chi connectivity index (χ0n) is 13.1. The van der Waals surface area contributed by atoms with Crippen LogP contribution in [0.2, 0.25) is 0 Å². The largest absolute Gasteiger partial charge is 0.399 e. The molecule has 0 radical (unpaired) electrons. The van der Waals surface area contributed by atoms with E-state index in [0.717, 1.165) is 17.7 Å². The maximum Gasteiger partial charge on any atom is 0.227 e. The van der Waals surface area contributed by atoms with Crippen LogP contribution in [0.15, 0.2) is 36.7 Å². The van der Waals surface area contributed by atoms with E-state index >= 15 is 0 Å². The number of amides is 1. The van der Waals surface area contributed by atoms with E-state index < -0.39 is 11.6 Å². The molecule has 1 aliphatic heterocycles. The van der Waals surface area contributed by atoms with E-state index in [1.807, 2.05) is 0 Å². The Balaban J connectivity index is 1.63. The number of nitrogens with two attached hydrogens (primary N) is 1. The van der Waals surface area contributed by atoms with Gasteiger partial charge in [0.2, 0.25) is 5.91 Å². The summed E-state index contributed by atoms with van der Waals surface area (Å²) >= 11 is 0. The molecule has 2 N–H and O–H groups in total. The van der Waals surface area contributed by atoms with Crippen LogP contribution >= 0.6 is 0 Å². The van der Waals surface area contributed by atoms with Gasteiger partial charge in [-0.15, -0.1) is 0 Å². The molecule has 5 nitrogen and oxygen atoms in total. The number of anilines is 2. The van der Waals surface area contributed by atoms with Gasteiger partial charge in [-0.2, -0.15) is 0 Å². The van der Waals surface area contributed by atoms with Crippen LogP contribution in [-0.2, 0) is 11.2 Å². The number of halogens is 2. The molecule has 7 heteroatoms. The van der Waals surface area contributed by atoms with E-state index in [9.17, 15) is 13.6 Å². The summed E-state index contributed by atoms with van der Waals surface area (Å²) in [5, 5.41) is 0. The second-order valence-corrected chi connectivity index (χ2v) is 5.73. The van der Waals surface area contributed by atoms with Crippen molar-refractivity contribution in [2.45, 2.75) is 6.42 Å². The van der Waals surface area contributed by atoms with Crippen LogP contribution in [0.3, 0.4) is 0 Å². The summed E-state index contributed by atoms with van der Waals surface area (Å²) in [4.78, 5) is 19.6. The number of aromatic nitrogens is 1. The van der Waals surface area contributed by atoms with Gasteiger partial charge < -0.3 is 15.5 Å². The van der Waals surface area contributed by atoms with Gasteiger partial charge in [-0.25, -0.2) is 8.78 Å². The van der Waals surface area contributed by atoms with Crippen molar-refractivity contribution < 1.29 is 13.6 Å². The van der Waals surface area contributed by atoms with Gasteiger partial charge in [-0.3, -0.25) is 9.78 Å². The molecule has 1 aromatic heterocycles. The summed E-state index contributed by atoms with van der Waals surface area (Å²) < 4.78 is 28.0. The molecule has 0 spiro atoms. The standard InChI is InChI=1S/C17H18F2N4O/c18-14-10-13(20)11-15(19)17(14)23-7-5-22(6-8-23)16(24)9-12-1-3-21-4-2-12/h1-4,10-11H,5-9,20H2. The number of hydrogen-bond donors (Lipinski definition) is 1. The van der Waals surface area contributed by atoms with Crippen LogP contribution < -0.4 is 10.6 Å². The summed E-state index contributed by atoms with van der Waals surface area (Å²) in [5.41, 5.74) is 6.31. The van der Waals surface area contributed by atoms with Crippen molar-refractivity contribution in [3.63, 3.8) is 0 Å². The monoisotopic (exact) mass is 332 g/mol. The van der Waals surface area contributed by atoms with Crippen LogP contribution in [0.5, 0.6) is 0 Å². The number of benzene rings is 1. The maximum atomic E-state index is 14.0. The number of carbonyl (C=O) groups excluding carboxylic acids is 1. The van der Waals surface area contributed by atoms with Gasteiger partial charge in [-0.1, -0.05) is 0 Å². The highest BCUT2D eigenvalue weighted by molar-refractivity contribution is 5.79. The second-order valence-electron chi connectivity index (χ2n) is 5.73. The van der Waals surface area contributed by atoms with Gasteiger partial charge in [0.1, 0.15) is 5.69 Å². The molecule has 126 valence electrons. The SMILES string of the molecule is Nc1cc(F)c(N2CCN(C(=O)Cc3ccncc3)CC2)c(F)c1. The van der Waals surface area contributed by atoms with Crippen LogP contribution in [0.25, 0.3) is 0 Å². The first-order valence-electron chi connectivity index (χ1n) is 7.71. The molecule has 2 aromatic rings. The molecule has 1 fully saturated rings. The molecule has 2 heterocycles. The van der Waals surface area contributed by atoms with Gasteiger partial charge in [0.25, 0.3) is 0 Å². The Morgan fingerprint density at radius 1 is 1.08 bits per heavy atom. The molecule has 3 rings (SSSR count). The molecular formula is C17H18F2N4O. The average molecular weight is 332 g/mol. The Labute approximate surface area is 138 Å². The molecule has 1 saturated heterocycles. The lowest BCUT2D eigenvalue weighted by Crippen LogP contribution is -2.49. The van der Waals surface area contributed by atoms with Crippen molar-refractivity contribution >= 4 is 17.3 Å². The predicted octanol–water partition coefficient (Wildman–Crippen LogP) is 1.83. The highest BCUT2D eigenvalue weighted by Crippen LogP contribution is 2.27. The van der Waals surface area contributed by atoms with Crippen molar-refractivity contribution in [1.82, 2.24) is 9.88 Å². The van der Waals surface area contributed by atoms with Crippen LogP contribution in [0.4, 0.5) is 20.2 Å². The van der Waals surface area contributed by atoms with Crippen molar-refractivity contribution in [2.75, 3.05) is 36.8 Å². The van der Waals surface area contributed by atoms with E-state index in [1.165, 1.54) is 0 Å². The van der Waals surface area contributed by atoms with Crippen molar-refractivity contribution in [2.24, 2.45) is 0 Å². The topological polar surface area (TPSA) is 62.5 Å². The van der Waals surface area contributed by atoms with E-state index in [4.69, 9.17) is 5.73 Å². The lowest BCUT2D eigenvalue weighted by molar-refractivity contribution is -0.130. The van der Waals surface area contributed by atoms with Gasteiger partial charge in [0.15, 0.2) is 11.6 Å². The number of nitrogen functional groups attached to an aromatic ring is 1. The maximum absolute atomic E-state index is 14.0. The average Bonchev–Trinajstić information content (AvgIpc) is 2.55. The molecule has 0 aliphatic carbocycles. The molecule has 1 aliphatic rings. The lowest BCUT2D eigenvalue weighted by Gasteiger charge is -2.36. The summed E-state index contributed by atoms with van der Waals surface area (Å²) in [7, 11) is 0. The Morgan fingerprint density at radius 3 is 2.25 bits per heavy atom. The van der Waals surface area contributed by atoms with Crippen LogP contribution in [0, 0.1) is 11.6 Å². The summed E-state index contributed by atoms with van der Waals surface area (Å²) in [6, 6.07) is 5.82. The third kappa shape index (κ3) is 3.45. The van der Waals surface area contributed by atoms with Crippen molar-refractivity contribution in [3.05, 3.63) is 53.9 Å². The number of hydrogen-bond acceptors (Lipinski definition) is 4. The van der Waals surface area contributed by atoms with Crippen molar-refractivity contribution in [3.8, 4) is 0 Å². The molecule has 0 bridgehead atoms. The van der Waals surface area contributed by atoms with Gasteiger partial charge in [0, 0.05) is 44.3 Å². The Bertz CT molecular complexity index is 708. The highest BCUT2D eigenvalue weighted by Gasteiger charge is 2.25. The number of rotatable bonds is 3. The minimum atomic E-state index is -0.677.